The molecule has 2 heterocycles. The van der Waals surface area contributed by atoms with Crippen molar-refractivity contribution in [2.45, 2.75) is 63.7 Å². The molecule has 2 atom stereocenters. The zero-order valence-corrected chi connectivity index (χ0v) is 11.3. The van der Waals surface area contributed by atoms with Crippen LogP contribution in [0.4, 0.5) is 0 Å². The predicted octanol–water partition coefficient (Wildman–Crippen LogP) is 1.92. The lowest BCUT2D eigenvalue weighted by atomic mass is 10.0. The molecule has 1 aromatic heterocycles. The Bertz CT molecular complexity index is 396. The second-order valence-electron chi connectivity index (χ2n) is 5.65. The normalized spacial score (nSPS) is 30.3. The van der Waals surface area contributed by atoms with E-state index < -0.39 is 0 Å². The molecule has 18 heavy (non-hydrogen) atoms. The molecule has 2 unspecified atom stereocenters. The molecular weight excluding hydrogens is 224 g/mol. The van der Waals surface area contributed by atoms with Gasteiger partial charge in [0.2, 0.25) is 0 Å². The van der Waals surface area contributed by atoms with E-state index in [9.17, 15) is 0 Å². The number of hydrogen-bond acceptors (Lipinski definition) is 3. The fraction of sp³-hybridized carbons (Fsp3) is 0.786. The Morgan fingerprint density at radius 2 is 2.17 bits per heavy atom. The molecule has 0 bridgehead atoms. The summed E-state index contributed by atoms with van der Waals surface area (Å²) in [5.74, 6) is 0. The molecule has 1 aliphatic heterocycles. The maximum Gasteiger partial charge on any atom is 0.0672 e. The third-order valence-electron chi connectivity index (χ3n) is 4.33. The Morgan fingerprint density at radius 1 is 1.33 bits per heavy atom. The second-order valence-corrected chi connectivity index (χ2v) is 5.65. The number of nitrogens with two attached hydrogens (primary N) is 1. The maximum atomic E-state index is 6.47. The van der Waals surface area contributed by atoms with Crippen molar-refractivity contribution >= 4 is 0 Å². The van der Waals surface area contributed by atoms with Crippen LogP contribution in [0.5, 0.6) is 0 Å². The van der Waals surface area contributed by atoms with Gasteiger partial charge in [0.1, 0.15) is 0 Å². The number of aryl methyl sites for hydroxylation is 1. The molecule has 2 N–H and O–H groups in total. The van der Waals surface area contributed by atoms with Gasteiger partial charge >= 0.3 is 0 Å². The SMILES string of the molecule is CCn1nccc1C1C(N)CCCCN1C1CC1. The lowest BCUT2D eigenvalue weighted by Gasteiger charge is -2.33. The highest BCUT2D eigenvalue weighted by Gasteiger charge is 2.39. The van der Waals surface area contributed by atoms with Gasteiger partial charge in [-0.3, -0.25) is 9.58 Å². The van der Waals surface area contributed by atoms with Crippen LogP contribution in [0.1, 0.15) is 50.8 Å². The van der Waals surface area contributed by atoms with Crippen LogP contribution < -0.4 is 5.73 Å². The molecule has 2 fully saturated rings. The minimum atomic E-state index is 0.259. The molecule has 0 radical (unpaired) electrons. The van der Waals surface area contributed by atoms with Crippen LogP contribution in [0.25, 0.3) is 0 Å². The fourth-order valence-corrected chi connectivity index (χ4v) is 3.28. The first-order valence-electron chi connectivity index (χ1n) is 7.34. The van der Waals surface area contributed by atoms with Crippen molar-refractivity contribution in [3.63, 3.8) is 0 Å². The smallest absolute Gasteiger partial charge is 0.0672 e. The summed E-state index contributed by atoms with van der Waals surface area (Å²) in [6, 6.07) is 3.58. The van der Waals surface area contributed by atoms with Crippen molar-refractivity contribution in [3.8, 4) is 0 Å². The molecule has 1 saturated heterocycles. The summed E-state index contributed by atoms with van der Waals surface area (Å²) < 4.78 is 2.12. The van der Waals surface area contributed by atoms with Crippen molar-refractivity contribution in [2.24, 2.45) is 5.73 Å². The molecule has 0 amide bonds. The van der Waals surface area contributed by atoms with E-state index in [-0.39, 0.29) is 6.04 Å². The Hall–Kier alpha value is -0.870. The molecule has 1 saturated carbocycles. The highest BCUT2D eigenvalue weighted by Crippen LogP contribution is 2.38. The molecule has 100 valence electrons. The van der Waals surface area contributed by atoms with E-state index in [0.29, 0.717) is 6.04 Å². The van der Waals surface area contributed by atoms with E-state index >= 15 is 0 Å². The van der Waals surface area contributed by atoms with Gasteiger partial charge in [-0.15, -0.1) is 0 Å². The highest BCUT2D eigenvalue weighted by molar-refractivity contribution is 5.13. The first kappa shape index (κ1) is 12.2. The van der Waals surface area contributed by atoms with Crippen molar-refractivity contribution in [1.29, 1.82) is 0 Å². The Labute approximate surface area is 109 Å². The third kappa shape index (κ3) is 2.19. The summed E-state index contributed by atoms with van der Waals surface area (Å²) in [7, 11) is 0. The number of rotatable bonds is 3. The molecule has 1 aliphatic carbocycles. The standard InChI is InChI=1S/C14H24N4/c1-2-18-13(8-9-16-18)14-12(15)5-3-4-10-17(14)11-6-7-11/h8-9,11-12,14H,2-7,10,15H2,1H3. The van der Waals surface area contributed by atoms with Crippen molar-refractivity contribution in [2.75, 3.05) is 6.54 Å². The molecule has 2 aliphatic rings. The predicted molar refractivity (Wildman–Crippen MR) is 72.2 cm³/mol. The maximum absolute atomic E-state index is 6.47. The van der Waals surface area contributed by atoms with Crippen molar-refractivity contribution in [1.82, 2.24) is 14.7 Å². The van der Waals surface area contributed by atoms with Crippen LogP contribution in [0.2, 0.25) is 0 Å². The Balaban J connectivity index is 1.92. The summed E-state index contributed by atoms with van der Waals surface area (Å²) in [6.45, 7) is 4.29. The molecule has 0 spiro atoms. The quantitative estimate of drug-likeness (QED) is 0.889. The average Bonchev–Trinajstić information content (AvgIpc) is 3.13. The van der Waals surface area contributed by atoms with Gasteiger partial charge in [0.15, 0.2) is 0 Å². The van der Waals surface area contributed by atoms with E-state index in [4.69, 9.17) is 5.73 Å². The number of nitrogens with zero attached hydrogens (tertiary/aromatic N) is 3. The first-order chi connectivity index (χ1) is 8.81. The summed E-state index contributed by atoms with van der Waals surface area (Å²) in [5, 5.41) is 4.42. The number of aromatic nitrogens is 2. The van der Waals surface area contributed by atoms with E-state index in [1.165, 1.54) is 37.9 Å². The van der Waals surface area contributed by atoms with Crippen LogP contribution in [-0.4, -0.2) is 33.3 Å². The number of hydrogen-bond donors (Lipinski definition) is 1. The minimum Gasteiger partial charge on any atom is -0.326 e. The molecular formula is C14H24N4. The van der Waals surface area contributed by atoms with Crippen molar-refractivity contribution < 1.29 is 0 Å². The lowest BCUT2D eigenvalue weighted by Crippen LogP contribution is -2.42. The minimum absolute atomic E-state index is 0.259. The summed E-state index contributed by atoms with van der Waals surface area (Å²) in [5.41, 5.74) is 7.79. The van der Waals surface area contributed by atoms with Crippen LogP contribution in [0, 0.1) is 0 Å². The van der Waals surface area contributed by atoms with Crippen LogP contribution >= 0.6 is 0 Å². The second kappa shape index (κ2) is 5.02. The summed E-state index contributed by atoms with van der Waals surface area (Å²) in [4.78, 5) is 2.65. The number of likely N-dealkylation sites (tertiary alicyclic amines) is 1. The van der Waals surface area contributed by atoms with Gasteiger partial charge in [0, 0.05) is 24.8 Å². The zero-order chi connectivity index (χ0) is 12.5. The molecule has 1 aromatic rings. The molecule has 3 rings (SSSR count). The van der Waals surface area contributed by atoms with Gasteiger partial charge in [-0.1, -0.05) is 6.42 Å². The van der Waals surface area contributed by atoms with E-state index in [2.05, 4.69) is 27.7 Å². The zero-order valence-electron chi connectivity index (χ0n) is 11.3. The van der Waals surface area contributed by atoms with E-state index in [1.807, 2.05) is 6.20 Å². The van der Waals surface area contributed by atoms with Gasteiger partial charge in [-0.25, -0.2) is 0 Å². The monoisotopic (exact) mass is 248 g/mol. The first-order valence-corrected chi connectivity index (χ1v) is 7.34. The van der Waals surface area contributed by atoms with Crippen LogP contribution in [0.3, 0.4) is 0 Å². The van der Waals surface area contributed by atoms with E-state index in [1.54, 1.807) is 0 Å². The molecule has 4 nitrogen and oxygen atoms in total. The third-order valence-corrected chi connectivity index (χ3v) is 4.33. The largest absolute Gasteiger partial charge is 0.326 e. The van der Waals surface area contributed by atoms with Crippen molar-refractivity contribution in [3.05, 3.63) is 18.0 Å². The average molecular weight is 248 g/mol. The highest BCUT2D eigenvalue weighted by atomic mass is 15.3. The summed E-state index contributed by atoms with van der Waals surface area (Å²) in [6.07, 6.45) is 8.32. The van der Waals surface area contributed by atoms with Gasteiger partial charge in [-0.05, 0) is 45.2 Å². The van der Waals surface area contributed by atoms with Crippen LogP contribution in [0.15, 0.2) is 12.3 Å². The Morgan fingerprint density at radius 3 is 2.89 bits per heavy atom. The fourth-order valence-electron chi connectivity index (χ4n) is 3.28. The van der Waals surface area contributed by atoms with Gasteiger partial charge in [0.25, 0.3) is 0 Å². The van der Waals surface area contributed by atoms with Gasteiger partial charge in [-0.2, -0.15) is 5.10 Å². The van der Waals surface area contributed by atoms with Gasteiger partial charge in [0.05, 0.1) is 11.7 Å². The molecule has 0 aromatic carbocycles. The van der Waals surface area contributed by atoms with Gasteiger partial charge < -0.3 is 5.73 Å². The lowest BCUT2D eigenvalue weighted by molar-refractivity contribution is 0.167. The summed E-state index contributed by atoms with van der Waals surface area (Å²) >= 11 is 0. The topological polar surface area (TPSA) is 47.1 Å². The Kier molecular flexibility index (Phi) is 3.39. The van der Waals surface area contributed by atoms with Crippen LogP contribution in [-0.2, 0) is 6.54 Å². The van der Waals surface area contributed by atoms with E-state index in [0.717, 1.165) is 19.0 Å². The molecule has 4 heteroatoms.